The first-order chi connectivity index (χ1) is 17.9. The Morgan fingerprint density at radius 2 is 1.76 bits per heavy atom. The molecular formula is C30H32BrN3O3. The molecule has 7 heteroatoms. The minimum Gasteiger partial charge on any atom is -0.352 e. The quantitative estimate of drug-likeness (QED) is 0.358. The SMILES string of the molecule is C[C@@H](C(=O)NC1CCCC1)N(Cc1ccc(Br)cc1)C(=O)CCCN1C(=O)c2cccc3cccc1c23. The highest BCUT2D eigenvalue weighted by Gasteiger charge is 2.31. The van der Waals surface area contributed by atoms with E-state index in [9.17, 15) is 14.4 Å². The Morgan fingerprint density at radius 1 is 1.05 bits per heavy atom. The first-order valence-electron chi connectivity index (χ1n) is 13.1. The average Bonchev–Trinajstić information content (AvgIpc) is 3.51. The Kier molecular flexibility index (Phi) is 7.60. The zero-order valence-corrected chi connectivity index (χ0v) is 22.7. The van der Waals surface area contributed by atoms with E-state index in [0.29, 0.717) is 25.1 Å². The zero-order valence-electron chi connectivity index (χ0n) is 21.1. The van der Waals surface area contributed by atoms with E-state index in [-0.39, 0.29) is 30.2 Å². The van der Waals surface area contributed by atoms with Crippen LogP contribution in [0, 0.1) is 0 Å². The number of hydrogen-bond acceptors (Lipinski definition) is 3. The highest BCUT2D eigenvalue weighted by molar-refractivity contribution is 9.10. The first-order valence-corrected chi connectivity index (χ1v) is 13.9. The van der Waals surface area contributed by atoms with Crippen molar-refractivity contribution in [2.24, 2.45) is 0 Å². The minimum absolute atomic E-state index is 0.0183. The number of anilines is 1. The largest absolute Gasteiger partial charge is 0.352 e. The van der Waals surface area contributed by atoms with Crippen molar-refractivity contribution in [3.8, 4) is 0 Å². The molecule has 37 heavy (non-hydrogen) atoms. The van der Waals surface area contributed by atoms with Crippen LogP contribution in [0.3, 0.4) is 0 Å². The van der Waals surface area contributed by atoms with E-state index < -0.39 is 6.04 Å². The molecule has 0 radical (unpaired) electrons. The first kappa shape index (κ1) is 25.5. The normalized spacial score (nSPS) is 15.8. The van der Waals surface area contributed by atoms with Gasteiger partial charge in [-0.3, -0.25) is 14.4 Å². The molecule has 0 bridgehead atoms. The maximum Gasteiger partial charge on any atom is 0.258 e. The van der Waals surface area contributed by atoms with Crippen LogP contribution in [0.5, 0.6) is 0 Å². The summed E-state index contributed by atoms with van der Waals surface area (Å²) in [6, 6.07) is 19.2. The van der Waals surface area contributed by atoms with Crippen molar-refractivity contribution in [1.29, 1.82) is 0 Å². The van der Waals surface area contributed by atoms with Gasteiger partial charge in [-0.25, -0.2) is 0 Å². The molecule has 1 saturated carbocycles. The molecule has 3 aromatic carbocycles. The summed E-state index contributed by atoms with van der Waals surface area (Å²) in [5.41, 5.74) is 2.59. The number of benzene rings is 3. The van der Waals surface area contributed by atoms with Crippen molar-refractivity contribution < 1.29 is 14.4 Å². The third kappa shape index (κ3) is 5.42. The molecular weight excluding hydrogens is 530 g/mol. The molecule has 0 unspecified atom stereocenters. The lowest BCUT2D eigenvalue weighted by molar-refractivity contribution is -0.141. The van der Waals surface area contributed by atoms with Gasteiger partial charge in [-0.1, -0.05) is 65.2 Å². The van der Waals surface area contributed by atoms with Crippen LogP contribution in [0.15, 0.2) is 65.1 Å². The molecule has 0 saturated heterocycles. The number of carbonyl (C=O) groups is 3. The summed E-state index contributed by atoms with van der Waals surface area (Å²) in [7, 11) is 0. The van der Waals surface area contributed by atoms with Crippen LogP contribution in [0.25, 0.3) is 10.8 Å². The fourth-order valence-electron chi connectivity index (χ4n) is 5.49. The van der Waals surface area contributed by atoms with E-state index in [0.717, 1.165) is 52.2 Å². The van der Waals surface area contributed by atoms with E-state index in [2.05, 4.69) is 21.2 Å². The minimum atomic E-state index is -0.580. The van der Waals surface area contributed by atoms with E-state index in [1.165, 1.54) is 0 Å². The fraction of sp³-hybridized carbons (Fsp3) is 0.367. The van der Waals surface area contributed by atoms with Gasteiger partial charge in [0.05, 0.1) is 5.69 Å². The van der Waals surface area contributed by atoms with Crippen LogP contribution in [0.4, 0.5) is 5.69 Å². The molecule has 6 nitrogen and oxygen atoms in total. The summed E-state index contributed by atoms with van der Waals surface area (Å²) in [4.78, 5) is 43.1. The molecule has 2 aliphatic rings. The molecule has 1 fully saturated rings. The smallest absolute Gasteiger partial charge is 0.258 e. The van der Waals surface area contributed by atoms with Crippen molar-refractivity contribution in [3.63, 3.8) is 0 Å². The van der Waals surface area contributed by atoms with Crippen molar-refractivity contribution in [1.82, 2.24) is 10.2 Å². The van der Waals surface area contributed by atoms with Gasteiger partial charge in [0, 0.05) is 41.0 Å². The van der Waals surface area contributed by atoms with Crippen LogP contribution in [0.1, 0.15) is 61.4 Å². The van der Waals surface area contributed by atoms with Crippen LogP contribution in [-0.4, -0.2) is 41.2 Å². The average molecular weight is 563 g/mol. The molecule has 0 aromatic heterocycles. The maximum absolute atomic E-state index is 13.5. The van der Waals surface area contributed by atoms with Gasteiger partial charge < -0.3 is 15.1 Å². The van der Waals surface area contributed by atoms with Crippen LogP contribution < -0.4 is 10.2 Å². The zero-order chi connectivity index (χ0) is 25.9. The number of halogens is 1. The van der Waals surface area contributed by atoms with Crippen molar-refractivity contribution in [2.45, 2.75) is 64.1 Å². The number of hydrogen-bond donors (Lipinski definition) is 1. The highest BCUT2D eigenvalue weighted by atomic mass is 79.9. The Morgan fingerprint density at radius 3 is 2.49 bits per heavy atom. The van der Waals surface area contributed by atoms with Gasteiger partial charge in [0.2, 0.25) is 11.8 Å². The Labute approximate surface area is 226 Å². The van der Waals surface area contributed by atoms with Gasteiger partial charge in [0.1, 0.15) is 6.04 Å². The lowest BCUT2D eigenvalue weighted by atomic mass is 10.1. The van der Waals surface area contributed by atoms with Crippen LogP contribution in [0.2, 0.25) is 0 Å². The van der Waals surface area contributed by atoms with E-state index in [1.54, 1.807) is 9.80 Å². The van der Waals surface area contributed by atoms with E-state index >= 15 is 0 Å². The standard InChI is InChI=1S/C30H32BrN3O3/c1-20(29(36)32-24-9-2-3-10-24)34(19-21-14-16-23(31)17-15-21)27(35)13-6-18-33-26-12-5-8-22-7-4-11-25(28(22)26)30(33)37/h4-5,7-8,11-12,14-17,20,24H,2-3,6,9-10,13,18-19H2,1H3,(H,32,36)/t20-/m0/s1. The monoisotopic (exact) mass is 561 g/mol. The van der Waals surface area contributed by atoms with Gasteiger partial charge in [0.25, 0.3) is 5.91 Å². The van der Waals surface area contributed by atoms with E-state index in [4.69, 9.17) is 0 Å². The van der Waals surface area contributed by atoms with Crippen LogP contribution in [-0.2, 0) is 16.1 Å². The summed E-state index contributed by atoms with van der Waals surface area (Å²) in [6.07, 6.45) is 5.04. The summed E-state index contributed by atoms with van der Waals surface area (Å²) >= 11 is 3.46. The van der Waals surface area contributed by atoms with Crippen molar-refractivity contribution in [3.05, 3.63) is 76.3 Å². The van der Waals surface area contributed by atoms with Crippen molar-refractivity contribution >= 4 is 50.1 Å². The molecule has 1 N–H and O–H groups in total. The predicted molar refractivity (Wildman–Crippen MR) is 149 cm³/mol. The Bertz CT molecular complexity index is 1310. The highest BCUT2D eigenvalue weighted by Crippen LogP contribution is 2.37. The summed E-state index contributed by atoms with van der Waals surface area (Å²) in [5.74, 6) is -0.205. The topological polar surface area (TPSA) is 69.7 Å². The third-order valence-electron chi connectivity index (χ3n) is 7.56. The third-order valence-corrected chi connectivity index (χ3v) is 8.09. The number of carbonyl (C=O) groups excluding carboxylic acids is 3. The molecule has 192 valence electrons. The van der Waals surface area contributed by atoms with Crippen LogP contribution >= 0.6 is 15.9 Å². The van der Waals surface area contributed by atoms with Gasteiger partial charge in [-0.05, 0) is 61.4 Å². The predicted octanol–water partition coefficient (Wildman–Crippen LogP) is 5.82. The van der Waals surface area contributed by atoms with Gasteiger partial charge in [-0.2, -0.15) is 0 Å². The number of nitrogens with one attached hydrogen (secondary N) is 1. The Hall–Kier alpha value is -3.19. The molecule has 1 aliphatic carbocycles. The molecule has 3 amide bonds. The molecule has 5 rings (SSSR count). The molecule has 1 atom stereocenters. The number of amides is 3. The Balaban J connectivity index is 1.27. The van der Waals surface area contributed by atoms with E-state index in [1.807, 2.05) is 67.6 Å². The second kappa shape index (κ2) is 11.1. The molecule has 0 spiro atoms. The van der Waals surface area contributed by atoms with Gasteiger partial charge in [-0.15, -0.1) is 0 Å². The number of rotatable bonds is 9. The summed E-state index contributed by atoms with van der Waals surface area (Å²) in [5, 5.41) is 5.17. The second-order valence-corrected chi connectivity index (χ2v) is 11.0. The summed E-state index contributed by atoms with van der Waals surface area (Å²) < 4.78 is 0.965. The number of nitrogens with zero attached hydrogens (tertiary/aromatic N) is 2. The fourth-order valence-corrected chi connectivity index (χ4v) is 5.76. The van der Waals surface area contributed by atoms with Gasteiger partial charge in [0.15, 0.2) is 0 Å². The van der Waals surface area contributed by atoms with Crippen molar-refractivity contribution in [2.75, 3.05) is 11.4 Å². The molecule has 1 aliphatic heterocycles. The maximum atomic E-state index is 13.5. The van der Waals surface area contributed by atoms with Gasteiger partial charge >= 0.3 is 0 Å². The summed E-state index contributed by atoms with van der Waals surface area (Å²) in [6.45, 7) is 2.62. The molecule has 1 heterocycles. The lowest BCUT2D eigenvalue weighted by Gasteiger charge is -2.30. The lowest BCUT2D eigenvalue weighted by Crippen LogP contribution is -2.49. The molecule has 3 aromatic rings. The second-order valence-electron chi connectivity index (χ2n) is 10.1.